The summed E-state index contributed by atoms with van der Waals surface area (Å²) >= 11 is 0. The molecule has 2 bridgehead atoms. The number of nitrogens with one attached hydrogen (secondary N) is 2. The van der Waals surface area contributed by atoms with Gasteiger partial charge in [-0.05, 0) is 70.8 Å². The highest BCUT2D eigenvalue weighted by atomic mass is 16.5. The average Bonchev–Trinajstić information content (AvgIpc) is 3.08. The van der Waals surface area contributed by atoms with Gasteiger partial charge in [0.1, 0.15) is 23.0 Å². The van der Waals surface area contributed by atoms with E-state index in [0.29, 0.717) is 0 Å². The molecule has 2 fully saturated rings. The molecule has 0 aliphatic carbocycles. The molecule has 0 amide bonds. The highest BCUT2D eigenvalue weighted by molar-refractivity contribution is 5.93. The molecule has 4 unspecified atom stereocenters. The number of piperidine rings is 2. The first-order chi connectivity index (χ1) is 21.1. The first-order valence-corrected chi connectivity index (χ1v) is 14.4. The zero-order chi connectivity index (χ0) is 29.9. The lowest BCUT2D eigenvalue weighted by Gasteiger charge is -2.54. The van der Waals surface area contributed by atoms with Crippen molar-refractivity contribution in [2.45, 2.75) is 24.2 Å². The van der Waals surface area contributed by atoms with E-state index in [2.05, 4.69) is 64.3 Å². The highest BCUT2D eigenvalue weighted by Crippen LogP contribution is 2.53. The zero-order valence-corrected chi connectivity index (χ0v) is 24.7. The van der Waals surface area contributed by atoms with Gasteiger partial charge in [-0.3, -0.25) is 0 Å². The summed E-state index contributed by atoms with van der Waals surface area (Å²) in [6.07, 6.45) is 0. The predicted molar refractivity (Wildman–Crippen MR) is 165 cm³/mol. The Hall–Kier alpha value is -4.53. The molecule has 2 aliphatic heterocycles. The van der Waals surface area contributed by atoms with Gasteiger partial charge in [0.2, 0.25) is 0 Å². The Morgan fingerprint density at radius 3 is 0.860 bits per heavy atom. The number of benzene rings is 4. The summed E-state index contributed by atoms with van der Waals surface area (Å²) in [6.45, 7) is 0. The van der Waals surface area contributed by atoms with E-state index in [0.717, 1.165) is 51.0 Å². The van der Waals surface area contributed by atoms with Crippen LogP contribution in [0.3, 0.4) is 0 Å². The monoisotopic (exact) mass is 579 g/mol. The van der Waals surface area contributed by atoms with E-state index in [1.165, 1.54) is 0 Å². The average molecular weight is 580 g/mol. The quantitative estimate of drug-likeness (QED) is 0.168. The smallest absolute Gasteiger partial charge is 0.118 e. The van der Waals surface area contributed by atoms with Crippen molar-refractivity contribution in [1.82, 2.24) is 10.6 Å². The molecule has 8 nitrogen and oxygen atoms in total. The van der Waals surface area contributed by atoms with E-state index in [1.807, 2.05) is 48.5 Å². The van der Waals surface area contributed by atoms with Crippen molar-refractivity contribution in [3.05, 3.63) is 119 Å². The minimum absolute atomic E-state index is 0.170. The van der Waals surface area contributed by atoms with E-state index >= 15 is 0 Å². The van der Waals surface area contributed by atoms with E-state index in [-0.39, 0.29) is 36.0 Å². The number of nitrogens with zero attached hydrogens (tertiary/aromatic N) is 1. The minimum atomic E-state index is -0.194. The second kappa shape index (κ2) is 12.4. The summed E-state index contributed by atoms with van der Waals surface area (Å²) in [6, 6.07) is 31.7. The molecular formula is C35H37N3O5. The molecule has 2 saturated heterocycles. The van der Waals surface area contributed by atoms with Crippen molar-refractivity contribution in [2.24, 2.45) is 17.0 Å². The van der Waals surface area contributed by atoms with Gasteiger partial charge in [-0.2, -0.15) is 0 Å². The molecule has 0 saturated carbocycles. The first kappa shape index (κ1) is 28.6. The van der Waals surface area contributed by atoms with E-state index in [1.54, 1.807) is 28.4 Å². The standard InChI is InChI=1S/C35H37N3O5/c1-40-25-13-5-21(6-14-25)31-29-32(22-7-15-26(41-2)16-8-22)37-34(24-11-19-28(43-4)20-12-24)30(35(29)38-39)33(36-31)23-9-17-27(42-3)18-10-23/h5-20,29-34,36-37,39H,1-4H3. The van der Waals surface area contributed by atoms with Gasteiger partial charge in [-0.25, -0.2) is 0 Å². The Morgan fingerprint density at radius 2 is 0.674 bits per heavy atom. The molecule has 4 aromatic carbocycles. The largest absolute Gasteiger partial charge is 0.497 e. The van der Waals surface area contributed by atoms with Gasteiger partial charge in [-0.15, -0.1) is 0 Å². The van der Waals surface area contributed by atoms with Crippen molar-refractivity contribution in [3.63, 3.8) is 0 Å². The van der Waals surface area contributed by atoms with E-state index < -0.39 is 0 Å². The van der Waals surface area contributed by atoms with Crippen LogP contribution in [0, 0.1) is 11.8 Å². The molecule has 2 heterocycles. The molecule has 43 heavy (non-hydrogen) atoms. The molecule has 6 rings (SSSR count). The normalized spacial score (nSPS) is 24.6. The number of oxime groups is 1. The van der Waals surface area contributed by atoms with Crippen LogP contribution < -0.4 is 29.6 Å². The molecule has 0 spiro atoms. The summed E-state index contributed by atoms with van der Waals surface area (Å²) in [5, 5.41) is 23.0. The molecule has 4 atom stereocenters. The summed E-state index contributed by atoms with van der Waals surface area (Å²) in [7, 11) is 6.66. The van der Waals surface area contributed by atoms with Crippen molar-refractivity contribution in [3.8, 4) is 23.0 Å². The van der Waals surface area contributed by atoms with Crippen LogP contribution in [-0.2, 0) is 0 Å². The van der Waals surface area contributed by atoms with Gasteiger partial charge in [0.05, 0.1) is 34.2 Å². The Bertz CT molecular complexity index is 1320. The molecule has 222 valence electrons. The van der Waals surface area contributed by atoms with Crippen molar-refractivity contribution >= 4 is 5.71 Å². The van der Waals surface area contributed by atoms with E-state index in [9.17, 15) is 5.21 Å². The molecule has 3 N–H and O–H groups in total. The van der Waals surface area contributed by atoms with Gasteiger partial charge in [-0.1, -0.05) is 53.7 Å². The topological polar surface area (TPSA) is 93.6 Å². The maximum absolute atomic E-state index is 10.8. The number of hydrogen-bond donors (Lipinski definition) is 3. The fourth-order valence-corrected chi connectivity index (χ4v) is 6.68. The van der Waals surface area contributed by atoms with Crippen molar-refractivity contribution < 1.29 is 24.2 Å². The van der Waals surface area contributed by atoms with Crippen LogP contribution in [0.2, 0.25) is 0 Å². The van der Waals surface area contributed by atoms with Gasteiger partial charge in [0, 0.05) is 36.0 Å². The maximum atomic E-state index is 10.8. The second-order valence-electron chi connectivity index (χ2n) is 10.9. The zero-order valence-electron chi connectivity index (χ0n) is 24.7. The van der Waals surface area contributed by atoms with Crippen LogP contribution in [-0.4, -0.2) is 39.4 Å². The number of ether oxygens (including phenoxy) is 4. The van der Waals surface area contributed by atoms with Crippen LogP contribution in [0.5, 0.6) is 23.0 Å². The first-order valence-electron chi connectivity index (χ1n) is 14.4. The van der Waals surface area contributed by atoms with Crippen LogP contribution in [0.1, 0.15) is 46.4 Å². The highest BCUT2D eigenvalue weighted by Gasteiger charge is 2.54. The number of hydrogen-bond acceptors (Lipinski definition) is 8. The SMILES string of the molecule is COc1ccc(C2NC(c3ccc(OC)cc3)C3C(=NO)C2C(c2ccc(OC)cc2)NC3c2ccc(OC)cc2)cc1. The maximum Gasteiger partial charge on any atom is 0.118 e. The molecule has 4 aromatic rings. The molecule has 0 aromatic heterocycles. The number of rotatable bonds is 8. The number of methoxy groups -OCH3 is 4. The van der Waals surface area contributed by atoms with Crippen LogP contribution in [0.15, 0.2) is 102 Å². The van der Waals surface area contributed by atoms with Gasteiger partial charge in [0.15, 0.2) is 0 Å². The summed E-state index contributed by atoms with van der Waals surface area (Å²) in [5.41, 5.74) is 5.05. The van der Waals surface area contributed by atoms with Gasteiger partial charge in [0.25, 0.3) is 0 Å². The molecular weight excluding hydrogens is 542 g/mol. The minimum Gasteiger partial charge on any atom is -0.497 e. The Balaban J connectivity index is 1.52. The lowest BCUT2D eigenvalue weighted by atomic mass is 9.63. The number of fused-ring (bicyclic) bond motifs is 2. The Labute approximate surface area is 252 Å². The summed E-state index contributed by atoms with van der Waals surface area (Å²) < 4.78 is 21.8. The molecule has 8 heteroatoms. The predicted octanol–water partition coefficient (Wildman–Crippen LogP) is 6.26. The van der Waals surface area contributed by atoms with Crippen LogP contribution in [0.4, 0.5) is 0 Å². The van der Waals surface area contributed by atoms with Crippen LogP contribution >= 0.6 is 0 Å². The van der Waals surface area contributed by atoms with Crippen LogP contribution in [0.25, 0.3) is 0 Å². The lowest BCUT2D eigenvalue weighted by molar-refractivity contribution is 0.149. The Kier molecular flexibility index (Phi) is 8.22. The second-order valence-corrected chi connectivity index (χ2v) is 10.9. The fraction of sp³-hybridized carbons (Fsp3) is 0.286. The third-order valence-corrected chi connectivity index (χ3v) is 8.85. The fourth-order valence-electron chi connectivity index (χ4n) is 6.68. The third kappa shape index (κ3) is 5.40. The Morgan fingerprint density at radius 1 is 0.442 bits per heavy atom. The summed E-state index contributed by atoms with van der Waals surface area (Å²) in [5.74, 6) is 2.75. The lowest BCUT2D eigenvalue weighted by Crippen LogP contribution is -2.60. The summed E-state index contributed by atoms with van der Waals surface area (Å²) in [4.78, 5) is 0. The van der Waals surface area contributed by atoms with Gasteiger partial charge < -0.3 is 34.8 Å². The molecule has 0 radical (unpaired) electrons. The third-order valence-electron chi connectivity index (χ3n) is 8.85. The molecule has 2 aliphatic rings. The van der Waals surface area contributed by atoms with Crippen molar-refractivity contribution in [1.29, 1.82) is 0 Å². The van der Waals surface area contributed by atoms with Crippen molar-refractivity contribution in [2.75, 3.05) is 28.4 Å². The van der Waals surface area contributed by atoms with Gasteiger partial charge >= 0.3 is 0 Å². The van der Waals surface area contributed by atoms with E-state index in [4.69, 9.17) is 18.9 Å².